The molecule has 100 valence electrons. The van der Waals surface area contributed by atoms with Crippen LogP contribution in [-0.2, 0) is 6.18 Å². The second kappa shape index (κ2) is 4.37. The Kier molecular flexibility index (Phi) is 3.13. The maximum atomic E-state index is 12.8. The van der Waals surface area contributed by atoms with E-state index in [9.17, 15) is 22.8 Å². The van der Waals surface area contributed by atoms with Crippen LogP contribution in [0.25, 0.3) is 10.9 Å². The van der Waals surface area contributed by atoms with Crippen LogP contribution >= 0.6 is 15.9 Å². The molecule has 2 N–H and O–H groups in total. The van der Waals surface area contributed by atoms with Crippen LogP contribution in [0.2, 0.25) is 0 Å². The monoisotopic (exact) mass is 335 g/mol. The topological polar surface area (TPSA) is 70.2 Å². The molecule has 1 aromatic heterocycles. The number of alkyl halides is 3. The summed E-state index contributed by atoms with van der Waals surface area (Å²) in [5.41, 5.74) is -3.07. The van der Waals surface area contributed by atoms with Gasteiger partial charge in [-0.3, -0.25) is 4.79 Å². The lowest BCUT2D eigenvalue weighted by Crippen LogP contribution is -2.17. The quantitative estimate of drug-likeness (QED) is 0.841. The number of halogens is 4. The molecule has 1 aromatic carbocycles. The maximum absolute atomic E-state index is 12.8. The first kappa shape index (κ1) is 13.6. The molecule has 0 spiro atoms. The van der Waals surface area contributed by atoms with Crippen molar-refractivity contribution in [3.8, 4) is 0 Å². The van der Waals surface area contributed by atoms with Gasteiger partial charge < -0.3 is 10.1 Å². The predicted molar refractivity (Wildman–Crippen MR) is 64.2 cm³/mol. The fourth-order valence-electron chi connectivity index (χ4n) is 1.69. The van der Waals surface area contributed by atoms with E-state index < -0.39 is 34.2 Å². The van der Waals surface area contributed by atoms with Crippen molar-refractivity contribution in [3.63, 3.8) is 0 Å². The van der Waals surface area contributed by atoms with Crippen LogP contribution in [-0.4, -0.2) is 16.1 Å². The molecule has 0 saturated carbocycles. The highest BCUT2D eigenvalue weighted by Crippen LogP contribution is 2.35. The van der Waals surface area contributed by atoms with E-state index in [0.29, 0.717) is 0 Å². The van der Waals surface area contributed by atoms with Gasteiger partial charge >= 0.3 is 12.1 Å². The molecule has 0 aliphatic rings. The minimum absolute atomic E-state index is 0.0971. The first-order valence-corrected chi connectivity index (χ1v) is 5.67. The first-order valence-electron chi connectivity index (χ1n) is 4.88. The number of aromatic carboxylic acids is 1. The van der Waals surface area contributed by atoms with Gasteiger partial charge in [-0.25, -0.2) is 4.79 Å². The van der Waals surface area contributed by atoms with Gasteiger partial charge in [-0.2, -0.15) is 13.2 Å². The molecule has 0 fully saturated rings. The van der Waals surface area contributed by atoms with Gasteiger partial charge in [0.1, 0.15) is 5.56 Å². The van der Waals surface area contributed by atoms with Crippen molar-refractivity contribution in [2.45, 2.75) is 6.18 Å². The van der Waals surface area contributed by atoms with Crippen molar-refractivity contribution < 1.29 is 23.1 Å². The van der Waals surface area contributed by atoms with Crippen LogP contribution in [0.4, 0.5) is 13.2 Å². The lowest BCUT2D eigenvalue weighted by atomic mass is 10.1. The van der Waals surface area contributed by atoms with Crippen molar-refractivity contribution in [2.24, 2.45) is 0 Å². The minimum atomic E-state index is -4.65. The van der Waals surface area contributed by atoms with Crippen molar-refractivity contribution in [3.05, 3.63) is 44.2 Å². The summed E-state index contributed by atoms with van der Waals surface area (Å²) >= 11 is 2.95. The Morgan fingerprint density at radius 3 is 2.47 bits per heavy atom. The highest BCUT2D eigenvalue weighted by atomic mass is 79.9. The molecule has 2 aromatic rings. The van der Waals surface area contributed by atoms with Gasteiger partial charge in [0.25, 0.3) is 0 Å². The van der Waals surface area contributed by atoms with Gasteiger partial charge in [-0.15, -0.1) is 0 Å². The van der Waals surface area contributed by atoms with E-state index in [4.69, 9.17) is 5.11 Å². The molecule has 0 aliphatic carbocycles. The Balaban J connectivity index is 2.97. The highest BCUT2D eigenvalue weighted by Gasteiger charge is 2.34. The van der Waals surface area contributed by atoms with Crippen LogP contribution in [0.15, 0.2) is 27.6 Å². The van der Waals surface area contributed by atoms with Crippen LogP contribution < -0.4 is 5.43 Å². The number of aromatic nitrogens is 1. The standard InChI is InChI=1S/C11H5BrF3NO3/c12-6-2-1-5(11(13,14)15)8-7(6)9(17)4(3-16-8)10(18)19/h1-3H,(H,16,17)(H,18,19). The average molecular weight is 336 g/mol. The number of benzene rings is 1. The number of carboxylic acid groups (broad SMARTS) is 1. The summed E-state index contributed by atoms with van der Waals surface area (Å²) in [6.45, 7) is 0. The van der Waals surface area contributed by atoms with Gasteiger partial charge in [-0.1, -0.05) is 0 Å². The summed E-state index contributed by atoms with van der Waals surface area (Å²) in [5.74, 6) is -1.51. The molecule has 19 heavy (non-hydrogen) atoms. The third-order valence-corrected chi connectivity index (χ3v) is 3.18. The molecule has 0 saturated heterocycles. The summed E-state index contributed by atoms with van der Waals surface area (Å²) < 4.78 is 38.5. The van der Waals surface area contributed by atoms with Gasteiger partial charge in [0, 0.05) is 10.7 Å². The van der Waals surface area contributed by atoms with E-state index in [2.05, 4.69) is 20.9 Å². The Morgan fingerprint density at radius 1 is 1.32 bits per heavy atom. The van der Waals surface area contributed by atoms with E-state index in [1.807, 2.05) is 0 Å². The third-order valence-electron chi connectivity index (χ3n) is 2.52. The molecule has 1 heterocycles. The number of carbonyl (C=O) groups is 1. The molecule has 8 heteroatoms. The van der Waals surface area contributed by atoms with Crippen molar-refractivity contribution in [2.75, 3.05) is 0 Å². The second-order valence-electron chi connectivity index (χ2n) is 3.68. The van der Waals surface area contributed by atoms with E-state index in [-0.39, 0.29) is 9.86 Å². The Bertz CT molecular complexity index is 736. The summed E-state index contributed by atoms with van der Waals surface area (Å²) in [4.78, 5) is 24.9. The normalized spacial score (nSPS) is 11.8. The van der Waals surface area contributed by atoms with Gasteiger partial charge in [0.15, 0.2) is 0 Å². The molecule has 0 atom stereocenters. The molecule has 2 rings (SSSR count). The number of hydrogen-bond acceptors (Lipinski definition) is 2. The van der Waals surface area contributed by atoms with Crippen molar-refractivity contribution in [1.82, 2.24) is 4.98 Å². The third kappa shape index (κ3) is 2.23. The SMILES string of the molecule is O=C(O)c1c[nH]c2c(C(F)(F)F)ccc(Br)c2c1=O. The minimum Gasteiger partial charge on any atom is -0.477 e. The lowest BCUT2D eigenvalue weighted by Gasteiger charge is -2.11. The fraction of sp³-hybridized carbons (Fsp3) is 0.0909. The smallest absolute Gasteiger partial charge is 0.418 e. The van der Waals surface area contributed by atoms with Crippen molar-refractivity contribution >= 4 is 32.8 Å². The van der Waals surface area contributed by atoms with Crippen LogP contribution in [0.5, 0.6) is 0 Å². The maximum Gasteiger partial charge on any atom is 0.418 e. The average Bonchev–Trinajstić information content (AvgIpc) is 2.27. The summed E-state index contributed by atoms with van der Waals surface area (Å²) in [7, 11) is 0. The number of aromatic amines is 1. The molecule has 0 radical (unpaired) electrons. The Morgan fingerprint density at radius 2 is 1.95 bits per heavy atom. The molecular weight excluding hydrogens is 331 g/mol. The largest absolute Gasteiger partial charge is 0.477 e. The fourth-order valence-corrected chi connectivity index (χ4v) is 2.20. The molecule has 0 bridgehead atoms. The van der Waals surface area contributed by atoms with Crippen LogP contribution in [0, 0.1) is 0 Å². The number of pyridine rings is 1. The van der Waals surface area contributed by atoms with Crippen molar-refractivity contribution in [1.29, 1.82) is 0 Å². The van der Waals surface area contributed by atoms with Crippen LogP contribution in [0.1, 0.15) is 15.9 Å². The Hall–Kier alpha value is -1.83. The number of rotatable bonds is 1. The zero-order chi connectivity index (χ0) is 14.4. The number of carboxylic acids is 1. The van der Waals surface area contributed by atoms with Gasteiger partial charge in [0.05, 0.1) is 16.5 Å². The molecule has 4 nitrogen and oxygen atoms in total. The zero-order valence-electron chi connectivity index (χ0n) is 9.01. The highest BCUT2D eigenvalue weighted by molar-refractivity contribution is 9.10. The summed E-state index contributed by atoms with van der Waals surface area (Å²) in [6, 6.07) is 1.87. The summed E-state index contributed by atoms with van der Waals surface area (Å²) in [5, 5.41) is 8.45. The van der Waals surface area contributed by atoms with E-state index in [1.54, 1.807) is 0 Å². The zero-order valence-corrected chi connectivity index (χ0v) is 10.6. The molecule has 0 amide bonds. The molecule has 0 aliphatic heterocycles. The van der Waals surface area contributed by atoms with E-state index in [0.717, 1.165) is 18.3 Å². The van der Waals surface area contributed by atoms with Gasteiger partial charge in [-0.05, 0) is 28.1 Å². The van der Waals surface area contributed by atoms with Crippen LogP contribution in [0.3, 0.4) is 0 Å². The van der Waals surface area contributed by atoms with E-state index >= 15 is 0 Å². The summed E-state index contributed by atoms with van der Waals surface area (Å²) in [6.07, 6.45) is -3.89. The van der Waals surface area contributed by atoms with E-state index in [1.165, 1.54) is 0 Å². The van der Waals surface area contributed by atoms with Gasteiger partial charge in [0.2, 0.25) is 5.43 Å². The number of nitrogens with one attached hydrogen (secondary N) is 1. The number of hydrogen-bond donors (Lipinski definition) is 2. The lowest BCUT2D eigenvalue weighted by molar-refractivity contribution is -0.136. The molecular formula is C11H5BrF3NO3. The Labute approximate surface area is 112 Å². The molecule has 0 unspecified atom stereocenters. The number of H-pyrrole nitrogens is 1. The first-order chi connectivity index (χ1) is 8.73. The number of fused-ring (bicyclic) bond motifs is 1. The predicted octanol–water partition coefficient (Wildman–Crippen LogP) is 3.01. The second-order valence-corrected chi connectivity index (χ2v) is 4.53.